The summed E-state index contributed by atoms with van der Waals surface area (Å²) in [6, 6.07) is 7.54. The second-order valence-corrected chi connectivity index (χ2v) is 6.20. The summed E-state index contributed by atoms with van der Waals surface area (Å²) in [6.45, 7) is 3.30. The molecule has 0 saturated carbocycles. The monoisotopic (exact) mass is 341 g/mol. The van der Waals surface area contributed by atoms with Gasteiger partial charge >= 0.3 is 0 Å². The van der Waals surface area contributed by atoms with Crippen molar-refractivity contribution >= 4 is 21.8 Å². The number of benzene rings is 1. The fraction of sp³-hybridized carbons (Fsp3) is 0.533. The van der Waals surface area contributed by atoms with Gasteiger partial charge in [-0.1, -0.05) is 35.3 Å². The van der Waals surface area contributed by atoms with Crippen LogP contribution >= 0.6 is 15.9 Å². The van der Waals surface area contributed by atoms with Gasteiger partial charge in [0.15, 0.2) is 0 Å². The van der Waals surface area contributed by atoms with E-state index in [2.05, 4.69) is 15.9 Å². The standard InChI is InChI=1S/C15H20BrNO3/c1-2-7-15(19)10-17(11-15)14(18)6-8-20-13-5-3-4-12(16)9-13/h3-5,9,19H,2,6-8,10-11H2,1H3. The van der Waals surface area contributed by atoms with Crippen LogP contribution in [0.1, 0.15) is 26.2 Å². The Labute approximate surface area is 127 Å². The minimum absolute atomic E-state index is 0.0424. The van der Waals surface area contributed by atoms with Gasteiger partial charge in [-0.05, 0) is 24.6 Å². The lowest BCUT2D eigenvalue weighted by molar-refractivity contribution is -0.157. The van der Waals surface area contributed by atoms with Gasteiger partial charge in [0, 0.05) is 4.47 Å². The molecule has 0 bridgehead atoms. The van der Waals surface area contributed by atoms with E-state index in [9.17, 15) is 9.90 Å². The van der Waals surface area contributed by atoms with E-state index >= 15 is 0 Å². The van der Waals surface area contributed by atoms with Gasteiger partial charge in [-0.2, -0.15) is 0 Å². The van der Waals surface area contributed by atoms with Gasteiger partial charge in [0.1, 0.15) is 5.75 Å². The molecule has 1 amide bonds. The van der Waals surface area contributed by atoms with E-state index in [1.807, 2.05) is 31.2 Å². The molecule has 1 fully saturated rings. The molecule has 0 aliphatic carbocycles. The molecule has 1 aromatic rings. The summed E-state index contributed by atoms with van der Waals surface area (Å²) in [5.41, 5.74) is -0.657. The maximum absolute atomic E-state index is 11.9. The van der Waals surface area contributed by atoms with Crippen LogP contribution in [0.3, 0.4) is 0 Å². The highest BCUT2D eigenvalue weighted by atomic mass is 79.9. The Morgan fingerprint density at radius 1 is 1.50 bits per heavy atom. The number of hydrogen-bond donors (Lipinski definition) is 1. The Morgan fingerprint density at radius 3 is 2.90 bits per heavy atom. The highest BCUT2D eigenvalue weighted by Gasteiger charge is 2.42. The highest BCUT2D eigenvalue weighted by molar-refractivity contribution is 9.10. The molecule has 110 valence electrons. The van der Waals surface area contributed by atoms with Gasteiger partial charge in [0.2, 0.25) is 5.91 Å². The number of carbonyl (C=O) groups is 1. The lowest BCUT2D eigenvalue weighted by atomic mass is 9.89. The lowest BCUT2D eigenvalue weighted by Gasteiger charge is -2.46. The van der Waals surface area contributed by atoms with Crippen molar-refractivity contribution in [3.8, 4) is 5.75 Å². The predicted molar refractivity (Wildman–Crippen MR) is 80.7 cm³/mol. The molecular weight excluding hydrogens is 322 g/mol. The summed E-state index contributed by atoms with van der Waals surface area (Å²) in [4.78, 5) is 13.6. The van der Waals surface area contributed by atoms with Crippen LogP contribution in [0.5, 0.6) is 5.75 Å². The van der Waals surface area contributed by atoms with Crippen molar-refractivity contribution in [3.63, 3.8) is 0 Å². The quantitative estimate of drug-likeness (QED) is 0.865. The van der Waals surface area contributed by atoms with Crippen molar-refractivity contribution in [3.05, 3.63) is 28.7 Å². The van der Waals surface area contributed by atoms with E-state index in [0.717, 1.165) is 23.1 Å². The Balaban J connectivity index is 1.69. The zero-order chi connectivity index (χ0) is 14.6. The Kier molecular flexibility index (Phi) is 5.05. The normalized spacial score (nSPS) is 16.6. The number of ether oxygens (including phenoxy) is 1. The Morgan fingerprint density at radius 2 is 2.25 bits per heavy atom. The van der Waals surface area contributed by atoms with Crippen LogP contribution in [-0.2, 0) is 4.79 Å². The molecule has 2 rings (SSSR count). The number of aliphatic hydroxyl groups is 1. The average Bonchev–Trinajstić information content (AvgIpc) is 2.36. The molecule has 1 N–H and O–H groups in total. The first-order valence-corrected chi connectivity index (χ1v) is 7.70. The van der Waals surface area contributed by atoms with Gasteiger partial charge in [-0.3, -0.25) is 4.79 Å². The first kappa shape index (κ1) is 15.3. The molecule has 0 spiro atoms. The van der Waals surface area contributed by atoms with Crippen molar-refractivity contribution in [1.29, 1.82) is 0 Å². The molecule has 0 aromatic heterocycles. The molecule has 1 aliphatic rings. The zero-order valence-electron chi connectivity index (χ0n) is 11.6. The molecule has 1 saturated heterocycles. The lowest BCUT2D eigenvalue weighted by Crippen LogP contribution is -2.63. The van der Waals surface area contributed by atoms with Crippen LogP contribution in [0.4, 0.5) is 0 Å². The highest BCUT2D eigenvalue weighted by Crippen LogP contribution is 2.26. The van der Waals surface area contributed by atoms with Crippen molar-refractivity contribution in [2.24, 2.45) is 0 Å². The fourth-order valence-corrected chi connectivity index (χ4v) is 2.81. The summed E-state index contributed by atoms with van der Waals surface area (Å²) in [5.74, 6) is 0.791. The number of β-amino-alcohol motifs (C(OH)–C–C–N with tert-alkyl or cyclic N) is 1. The molecule has 4 nitrogen and oxygen atoms in total. The van der Waals surface area contributed by atoms with Crippen molar-refractivity contribution < 1.29 is 14.6 Å². The number of carbonyl (C=O) groups excluding carboxylic acids is 1. The largest absolute Gasteiger partial charge is 0.493 e. The minimum atomic E-state index is -0.657. The Hall–Kier alpha value is -1.07. The van der Waals surface area contributed by atoms with Crippen LogP contribution in [0.15, 0.2) is 28.7 Å². The zero-order valence-corrected chi connectivity index (χ0v) is 13.2. The summed E-state index contributed by atoms with van der Waals surface area (Å²) in [7, 11) is 0. The third-order valence-electron chi connectivity index (χ3n) is 3.42. The maximum Gasteiger partial charge on any atom is 0.226 e. The molecule has 5 heteroatoms. The molecule has 0 radical (unpaired) electrons. The fourth-order valence-electron chi connectivity index (χ4n) is 2.44. The van der Waals surface area contributed by atoms with Crippen molar-refractivity contribution in [2.45, 2.75) is 31.8 Å². The molecule has 0 unspecified atom stereocenters. The van der Waals surface area contributed by atoms with Crippen LogP contribution in [0.25, 0.3) is 0 Å². The van der Waals surface area contributed by atoms with E-state index in [1.54, 1.807) is 4.90 Å². The van der Waals surface area contributed by atoms with E-state index in [1.165, 1.54) is 0 Å². The second-order valence-electron chi connectivity index (χ2n) is 5.28. The van der Waals surface area contributed by atoms with Gasteiger partial charge in [-0.15, -0.1) is 0 Å². The molecule has 1 aliphatic heterocycles. The van der Waals surface area contributed by atoms with Crippen LogP contribution in [0.2, 0.25) is 0 Å². The van der Waals surface area contributed by atoms with Crippen LogP contribution < -0.4 is 4.74 Å². The first-order chi connectivity index (χ1) is 9.52. The van der Waals surface area contributed by atoms with Gasteiger partial charge in [0.05, 0.1) is 31.7 Å². The topological polar surface area (TPSA) is 49.8 Å². The van der Waals surface area contributed by atoms with Crippen LogP contribution in [0, 0.1) is 0 Å². The van der Waals surface area contributed by atoms with Crippen LogP contribution in [-0.4, -0.2) is 41.2 Å². The van der Waals surface area contributed by atoms with Gasteiger partial charge in [0.25, 0.3) is 0 Å². The number of halogens is 1. The second kappa shape index (κ2) is 6.59. The smallest absolute Gasteiger partial charge is 0.226 e. The molecule has 1 heterocycles. The number of amides is 1. The first-order valence-electron chi connectivity index (χ1n) is 6.91. The molecule has 20 heavy (non-hydrogen) atoms. The predicted octanol–water partition coefficient (Wildman–Crippen LogP) is 2.59. The number of rotatable bonds is 6. The summed E-state index contributed by atoms with van der Waals surface area (Å²) in [6.07, 6.45) is 2.03. The average molecular weight is 342 g/mol. The number of likely N-dealkylation sites (tertiary alicyclic amines) is 1. The Bertz CT molecular complexity index is 472. The summed E-state index contributed by atoms with van der Waals surface area (Å²) < 4.78 is 6.49. The van der Waals surface area contributed by atoms with Gasteiger partial charge in [-0.25, -0.2) is 0 Å². The SMILES string of the molecule is CCCC1(O)CN(C(=O)CCOc2cccc(Br)c2)C1. The molecule has 1 aromatic carbocycles. The molecular formula is C15H20BrNO3. The summed E-state index contributed by atoms with van der Waals surface area (Å²) in [5, 5.41) is 10.0. The third-order valence-corrected chi connectivity index (χ3v) is 3.91. The maximum atomic E-state index is 11.9. The molecule has 0 atom stereocenters. The van der Waals surface area contributed by atoms with Crippen molar-refractivity contribution in [1.82, 2.24) is 4.90 Å². The van der Waals surface area contributed by atoms with E-state index < -0.39 is 5.60 Å². The van der Waals surface area contributed by atoms with Crippen molar-refractivity contribution in [2.75, 3.05) is 19.7 Å². The van der Waals surface area contributed by atoms with Gasteiger partial charge < -0.3 is 14.7 Å². The summed E-state index contributed by atoms with van der Waals surface area (Å²) >= 11 is 3.37. The minimum Gasteiger partial charge on any atom is -0.493 e. The third kappa shape index (κ3) is 3.96. The number of hydrogen-bond acceptors (Lipinski definition) is 3. The van der Waals surface area contributed by atoms with E-state index in [0.29, 0.717) is 26.1 Å². The van der Waals surface area contributed by atoms with E-state index in [4.69, 9.17) is 4.74 Å². The number of nitrogens with zero attached hydrogens (tertiary/aromatic N) is 1. The van der Waals surface area contributed by atoms with E-state index in [-0.39, 0.29) is 5.91 Å².